The first kappa shape index (κ1) is 19.7. The van der Waals surface area contributed by atoms with Gasteiger partial charge in [-0.25, -0.2) is 4.99 Å². The van der Waals surface area contributed by atoms with Gasteiger partial charge in [-0.2, -0.15) is 0 Å². The van der Waals surface area contributed by atoms with Crippen molar-refractivity contribution >= 4 is 17.6 Å². The summed E-state index contributed by atoms with van der Waals surface area (Å²) in [5.74, 6) is 1.67. The van der Waals surface area contributed by atoms with Crippen LogP contribution in [0.5, 0.6) is 5.75 Å². The SMILES string of the molecule is CCNC(=NCc1ccccc1C)NCCOc1ccc2c(c1)CCC(=O)N2. The molecule has 0 saturated heterocycles. The molecule has 0 saturated carbocycles. The summed E-state index contributed by atoms with van der Waals surface area (Å²) < 4.78 is 5.85. The van der Waals surface area contributed by atoms with Crippen LogP contribution in [0.3, 0.4) is 0 Å². The maximum absolute atomic E-state index is 11.4. The van der Waals surface area contributed by atoms with E-state index in [1.165, 1.54) is 11.1 Å². The third-order valence-electron chi connectivity index (χ3n) is 4.65. The van der Waals surface area contributed by atoms with E-state index in [4.69, 9.17) is 4.74 Å². The number of anilines is 1. The van der Waals surface area contributed by atoms with Crippen molar-refractivity contribution in [3.05, 3.63) is 59.2 Å². The number of carbonyl (C=O) groups is 1. The third kappa shape index (κ3) is 5.49. The van der Waals surface area contributed by atoms with Crippen molar-refractivity contribution in [1.29, 1.82) is 0 Å². The van der Waals surface area contributed by atoms with E-state index in [0.717, 1.165) is 35.9 Å². The minimum absolute atomic E-state index is 0.0753. The normalized spacial score (nSPS) is 13.5. The Balaban J connectivity index is 1.49. The number of nitrogens with one attached hydrogen (secondary N) is 3. The Hall–Kier alpha value is -3.02. The van der Waals surface area contributed by atoms with E-state index in [-0.39, 0.29) is 5.91 Å². The van der Waals surface area contributed by atoms with E-state index in [0.29, 0.717) is 26.1 Å². The molecule has 6 heteroatoms. The Bertz CT molecular complexity index is 848. The maximum Gasteiger partial charge on any atom is 0.224 e. The van der Waals surface area contributed by atoms with Crippen LogP contribution in [0.15, 0.2) is 47.5 Å². The van der Waals surface area contributed by atoms with Crippen molar-refractivity contribution < 1.29 is 9.53 Å². The highest BCUT2D eigenvalue weighted by Gasteiger charge is 2.14. The van der Waals surface area contributed by atoms with Crippen LogP contribution in [0.4, 0.5) is 5.69 Å². The molecule has 0 aliphatic carbocycles. The number of carbonyl (C=O) groups excluding carboxylic acids is 1. The molecule has 0 fully saturated rings. The Morgan fingerprint density at radius 1 is 1.18 bits per heavy atom. The summed E-state index contributed by atoms with van der Waals surface area (Å²) in [5, 5.41) is 9.45. The Morgan fingerprint density at radius 3 is 2.86 bits per heavy atom. The lowest BCUT2D eigenvalue weighted by atomic mass is 10.0. The first-order valence-corrected chi connectivity index (χ1v) is 9.78. The molecule has 1 aliphatic heterocycles. The Labute approximate surface area is 166 Å². The van der Waals surface area contributed by atoms with E-state index in [1.54, 1.807) is 0 Å². The van der Waals surface area contributed by atoms with Gasteiger partial charge >= 0.3 is 0 Å². The number of aryl methyl sites for hydroxylation is 2. The second-order valence-electron chi connectivity index (χ2n) is 6.76. The lowest BCUT2D eigenvalue weighted by Gasteiger charge is -2.18. The minimum Gasteiger partial charge on any atom is -0.492 e. The molecule has 1 heterocycles. The molecular weight excluding hydrogens is 352 g/mol. The zero-order chi connectivity index (χ0) is 19.8. The fourth-order valence-electron chi connectivity index (χ4n) is 3.08. The van der Waals surface area contributed by atoms with Crippen molar-refractivity contribution in [2.45, 2.75) is 33.2 Å². The largest absolute Gasteiger partial charge is 0.492 e. The second-order valence-corrected chi connectivity index (χ2v) is 6.76. The third-order valence-corrected chi connectivity index (χ3v) is 4.65. The summed E-state index contributed by atoms with van der Waals surface area (Å²) in [6.07, 6.45) is 1.29. The molecule has 0 bridgehead atoms. The van der Waals surface area contributed by atoms with Crippen molar-refractivity contribution in [3.63, 3.8) is 0 Å². The van der Waals surface area contributed by atoms with Crippen molar-refractivity contribution in [2.75, 3.05) is 25.0 Å². The Kier molecular flexibility index (Phi) is 6.89. The number of ether oxygens (including phenoxy) is 1. The van der Waals surface area contributed by atoms with E-state index < -0.39 is 0 Å². The number of hydrogen-bond donors (Lipinski definition) is 3. The summed E-state index contributed by atoms with van der Waals surface area (Å²) in [4.78, 5) is 16.1. The van der Waals surface area contributed by atoms with Gasteiger partial charge in [0.05, 0.1) is 13.1 Å². The van der Waals surface area contributed by atoms with E-state index in [2.05, 4.69) is 40.0 Å². The molecule has 148 valence electrons. The number of fused-ring (bicyclic) bond motifs is 1. The van der Waals surface area contributed by atoms with E-state index in [1.807, 2.05) is 37.3 Å². The average molecular weight is 380 g/mol. The lowest BCUT2D eigenvalue weighted by molar-refractivity contribution is -0.116. The van der Waals surface area contributed by atoms with Gasteiger partial charge in [-0.3, -0.25) is 4.79 Å². The molecule has 6 nitrogen and oxygen atoms in total. The Morgan fingerprint density at radius 2 is 2.04 bits per heavy atom. The molecule has 3 N–H and O–H groups in total. The summed E-state index contributed by atoms with van der Waals surface area (Å²) in [5.41, 5.74) is 4.48. The number of aliphatic imine (C=N–C) groups is 1. The van der Waals surface area contributed by atoms with Crippen molar-refractivity contribution in [2.24, 2.45) is 4.99 Å². The average Bonchev–Trinajstić information content (AvgIpc) is 2.70. The van der Waals surface area contributed by atoms with Crippen LogP contribution < -0.4 is 20.7 Å². The molecule has 0 unspecified atom stereocenters. The smallest absolute Gasteiger partial charge is 0.224 e. The van der Waals surface area contributed by atoms with Gasteiger partial charge in [-0.1, -0.05) is 24.3 Å². The van der Waals surface area contributed by atoms with Crippen LogP contribution in [0.1, 0.15) is 30.0 Å². The lowest BCUT2D eigenvalue weighted by Crippen LogP contribution is -2.39. The molecule has 28 heavy (non-hydrogen) atoms. The van der Waals surface area contributed by atoms with Crippen LogP contribution in [0.2, 0.25) is 0 Å². The predicted octanol–water partition coefficient (Wildman–Crippen LogP) is 3.01. The van der Waals surface area contributed by atoms with E-state index >= 15 is 0 Å². The van der Waals surface area contributed by atoms with Gasteiger partial charge in [-0.05, 0) is 55.2 Å². The highest BCUT2D eigenvalue weighted by Crippen LogP contribution is 2.26. The zero-order valence-electron chi connectivity index (χ0n) is 16.5. The molecule has 0 spiro atoms. The van der Waals surface area contributed by atoms with Crippen LogP contribution >= 0.6 is 0 Å². The highest BCUT2D eigenvalue weighted by atomic mass is 16.5. The molecule has 1 aliphatic rings. The number of nitrogens with zero attached hydrogens (tertiary/aromatic N) is 1. The van der Waals surface area contributed by atoms with Gasteiger partial charge in [0.2, 0.25) is 5.91 Å². The first-order chi connectivity index (χ1) is 13.7. The van der Waals surface area contributed by atoms with Gasteiger partial charge in [0, 0.05) is 18.7 Å². The number of rotatable bonds is 7. The molecule has 3 rings (SSSR count). The first-order valence-electron chi connectivity index (χ1n) is 9.78. The van der Waals surface area contributed by atoms with E-state index in [9.17, 15) is 4.79 Å². The maximum atomic E-state index is 11.4. The van der Waals surface area contributed by atoms with Crippen LogP contribution in [-0.4, -0.2) is 31.6 Å². The van der Waals surface area contributed by atoms with Gasteiger partial charge < -0.3 is 20.7 Å². The van der Waals surface area contributed by atoms with Crippen LogP contribution in [-0.2, 0) is 17.8 Å². The summed E-state index contributed by atoms with van der Waals surface area (Å²) >= 11 is 0. The van der Waals surface area contributed by atoms with Crippen LogP contribution in [0, 0.1) is 6.92 Å². The van der Waals surface area contributed by atoms with Gasteiger partial charge in [-0.15, -0.1) is 0 Å². The van der Waals surface area contributed by atoms with Gasteiger partial charge in [0.15, 0.2) is 5.96 Å². The number of guanidine groups is 1. The van der Waals surface area contributed by atoms with Gasteiger partial charge in [0.1, 0.15) is 12.4 Å². The standard InChI is InChI=1S/C22H28N4O2/c1-3-23-22(25-15-18-7-5-4-6-16(18)2)24-12-13-28-19-9-10-20-17(14-19)8-11-21(27)26-20/h4-7,9-10,14H,3,8,11-13,15H2,1-2H3,(H,26,27)(H2,23,24,25). The summed E-state index contributed by atoms with van der Waals surface area (Å²) in [7, 11) is 0. The monoisotopic (exact) mass is 380 g/mol. The number of hydrogen-bond acceptors (Lipinski definition) is 3. The fourth-order valence-corrected chi connectivity index (χ4v) is 3.08. The topological polar surface area (TPSA) is 74.8 Å². The number of amides is 1. The predicted molar refractivity (Wildman–Crippen MR) is 113 cm³/mol. The molecule has 0 aromatic heterocycles. The highest BCUT2D eigenvalue weighted by molar-refractivity contribution is 5.94. The number of benzene rings is 2. The van der Waals surface area contributed by atoms with Crippen molar-refractivity contribution in [1.82, 2.24) is 10.6 Å². The van der Waals surface area contributed by atoms with Crippen molar-refractivity contribution in [3.8, 4) is 5.75 Å². The molecule has 2 aromatic carbocycles. The minimum atomic E-state index is 0.0753. The summed E-state index contributed by atoms with van der Waals surface area (Å²) in [6, 6.07) is 14.1. The molecule has 0 atom stereocenters. The summed E-state index contributed by atoms with van der Waals surface area (Å²) in [6.45, 7) is 6.76. The molecule has 2 aromatic rings. The zero-order valence-corrected chi connectivity index (χ0v) is 16.5. The quantitative estimate of drug-likeness (QED) is 0.392. The van der Waals surface area contributed by atoms with Crippen LogP contribution in [0.25, 0.3) is 0 Å². The fraction of sp³-hybridized carbons (Fsp3) is 0.364. The van der Waals surface area contributed by atoms with Gasteiger partial charge in [0.25, 0.3) is 0 Å². The molecular formula is C22H28N4O2. The molecule has 0 radical (unpaired) electrons. The molecule has 1 amide bonds. The second kappa shape index (κ2) is 9.78.